The number of hydrogen-bond acceptors (Lipinski definition) is 6. The maximum absolute atomic E-state index is 5.47. The van der Waals surface area contributed by atoms with E-state index in [1.807, 2.05) is 0 Å². The fourth-order valence-electron chi connectivity index (χ4n) is 2.59. The van der Waals surface area contributed by atoms with Crippen molar-refractivity contribution >= 4 is 17.2 Å². The summed E-state index contributed by atoms with van der Waals surface area (Å²) in [6.07, 6.45) is 2.71. The van der Waals surface area contributed by atoms with E-state index in [4.69, 9.17) is 9.47 Å². The van der Waals surface area contributed by atoms with Gasteiger partial charge in [-0.05, 0) is 17.9 Å². The Balaban J connectivity index is 1.78. The number of hydrogen-bond donors (Lipinski definition) is 0. The first-order valence-electron chi connectivity index (χ1n) is 7.53. The van der Waals surface area contributed by atoms with Crippen molar-refractivity contribution in [3.8, 4) is 0 Å². The van der Waals surface area contributed by atoms with Gasteiger partial charge in [-0.25, -0.2) is 9.97 Å². The fraction of sp³-hybridized carbons (Fsp3) is 0.500. The van der Waals surface area contributed by atoms with E-state index in [0.29, 0.717) is 12.5 Å². The van der Waals surface area contributed by atoms with Crippen LogP contribution in [0, 0.1) is 0 Å². The minimum atomic E-state index is 0.396. The van der Waals surface area contributed by atoms with E-state index in [1.165, 1.54) is 4.88 Å². The lowest BCUT2D eigenvalue weighted by molar-refractivity contribution is 0.193. The number of nitrogens with zero attached hydrogens (tertiary/aromatic N) is 3. The Labute approximate surface area is 134 Å². The van der Waals surface area contributed by atoms with Gasteiger partial charge in [0.2, 0.25) is 0 Å². The molecule has 2 aromatic heterocycles. The summed E-state index contributed by atoms with van der Waals surface area (Å²) in [5.41, 5.74) is 1.08. The van der Waals surface area contributed by atoms with Gasteiger partial charge in [-0.2, -0.15) is 0 Å². The Bertz CT molecular complexity index is 571. The molecule has 0 bridgehead atoms. The molecule has 0 radical (unpaired) electrons. The van der Waals surface area contributed by atoms with Crippen LogP contribution < -0.4 is 4.90 Å². The molecular formula is C16H21N3O2S. The van der Waals surface area contributed by atoms with Crippen LogP contribution in [0.1, 0.15) is 22.9 Å². The molecule has 1 fully saturated rings. The third kappa shape index (κ3) is 3.82. The molecule has 3 rings (SSSR count). The zero-order valence-electron chi connectivity index (χ0n) is 12.8. The van der Waals surface area contributed by atoms with Crippen LogP contribution >= 0.6 is 11.3 Å². The molecule has 2 aromatic rings. The molecular weight excluding hydrogens is 298 g/mol. The Hall–Kier alpha value is -1.50. The summed E-state index contributed by atoms with van der Waals surface area (Å²) in [5.74, 6) is 1.36. The summed E-state index contributed by atoms with van der Waals surface area (Å²) in [6.45, 7) is 3.92. The van der Waals surface area contributed by atoms with Crippen LogP contribution in [0.2, 0.25) is 0 Å². The monoisotopic (exact) mass is 319 g/mol. The van der Waals surface area contributed by atoms with Crippen LogP contribution in [0.5, 0.6) is 0 Å². The standard InChI is InChI=1S/C16H21N3O2S/c1-20-7-5-19(10-14-3-2-8-22-14)16-9-15(17-12-18-16)13-4-6-21-11-13/h2-3,8-9,12-13H,4-7,10-11H2,1H3. The van der Waals surface area contributed by atoms with E-state index in [-0.39, 0.29) is 0 Å². The normalized spacial score (nSPS) is 17.8. The summed E-state index contributed by atoms with van der Waals surface area (Å²) >= 11 is 1.76. The van der Waals surface area contributed by atoms with Crippen LogP contribution in [0.3, 0.4) is 0 Å². The lowest BCUT2D eigenvalue weighted by atomic mass is 10.0. The summed E-state index contributed by atoms with van der Waals surface area (Å²) in [5, 5.41) is 2.10. The second kappa shape index (κ2) is 7.67. The summed E-state index contributed by atoms with van der Waals surface area (Å²) < 4.78 is 10.7. The topological polar surface area (TPSA) is 47.5 Å². The average Bonchev–Trinajstić information content (AvgIpc) is 3.25. The summed E-state index contributed by atoms with van der Waals surface area (Å²) in [4.78, 5) is 12.5. The van der Waals surface area contributed by atoms with E-state index in [1.54, 1.807) is 24.8 Å². The first-order valence-corrected chi connectivity index (χ1v) is 8.40. The lowest BCUT2D eigenvalue weighted by Gasteiger charge is -2.23. The van der Waals surface area contributed by atoms with Crippen LogP contribution in [0.4, 0.5) is 5.82 Å². The van der Waals surface area contributed by atoms with Gasteiger partial charge in [-0.15, -0.1) is 11.3 Å². The van der Waals surface area contributed by atoms with Gasteiger partial charge < -0.3 is 14.4 Å². The zero-order valence-corrected chi connectivity index (χ0v) is 13.6. The highest BCUT2D eigenvalue weighted by Crippen LogP contribution is 2.26. The van der Waals surface area contributed by atoms with E-state index in [2.05, 4.69) is 38.4 Å². The third-order valence-corrected chi connectivity index (χ3v) is 4.70. The van der Waals surface area contributed by atoms with Gasteiger partial charge in [0.05, 0.1) is 25.5 Å². The first kappa shape index (κ1) is 15.4. The molecule has 1 atom stereocenters. The summed E-state index contributed by atoms with van der Waals surface area (Å²) in [7, 11) is 1.73. The highest BCUT2D eigenvalue weighted by atomic mass is 32.1. The van der Waals surface area contributed by atoms with Gasteiger partial charge in [0.15, 0.2) is 0 Å². The Morgan fingerprint density at radius 1 is 1.45 bits per heavy atom. The number of thiophene rings is 1. The second-order valence-corrected chi connectivity index (χ2v) is 6.39. The molecule has 3 heterocycles. The van der Waals surface area contributed by atoms with Crippen LogP contribution in [0.15, 0.2) is 29.9 Å². The Morgan fingerprint density at radius 3 is 3.14 bits per heavy atom. The van der Waals surface area contributed by atoms with Gasteiger partial charge >= 0.3 is 0 Å². The Kier molecular flexibility index (Phi) is 5.37. The van der Waals surface area contributed by atoms with Gasteiger partial charge in [0.1, 0.15) is 12.1 Å². The molecule has 118 valence electrons. The minimum absolute atomic E-state index is 0.396. The Morgan fingerprint density at radius 2 is 2.41 bits per heavy atom. The van der Waals surface area contributed by atoms with Crippen LogP contribution in [0.25, 0.3) is 0 Å². The van der Waals surface area contributed by atoms with Crippen molar-refractivity contribution in [1.29, 1.82) is 0 Å². The summed E-state index contributed by atoms with van der Waals surface area (Å²) in [6, 6.07) is 6.33. The fourth-order valence-corrected chi connectivity index (χ4v) is 3.31. The number of rotatable bonds is 7. The number of aromatic nitrogens is 2. The molecule has 1 saturated heterocycles. The highest BCUT2D eigenvalue weighted by molar-refractivity contribution is 7.09. The van der Waals surface area contributed by atoms with E-state index < -0.39 is 0 Å². The second-order valence-electron chi connectivity index (χ2n) is 5.36. The predicted molar refractivity (Wildman–Crippen MR) is 87.5 cm³/mol. The minimum Gasteiger partial charge on any atom is -0.383 e. The van der Waals surface area contributed by atoms with Crippen molar-refractivity contribution in [2.24, 2.45) is 0 Å². The average molecular weight is 319 g/mol. The lowest BCUT2D eigenvalue weighted by Crippen LogP contribution is -2.27. The van der Waals surface area contributed by atoms with Crippen LogP contribution in [-0.2, 0) is 16.0 Å². The van der Waals surface area contributed by atoms with Crippen molar-refractivity contribution in [3.05, 3.63) is 40.5 Å². The van der Waals surface area contributed by atoms with E-state index >= 15 is 0 Å². The molecule has 6 heteroatoms. The van der Waals surface area contributed by atoms with E-state index in [0.717, 1.165) is 44.2 Å². The molecule has 0 spiro atoms. The van der Waals surface area contributed by atoms with Crippen molar-refractivity contribution in [2.75, 3.05) is 38.4 Å². The predicted octanol–water partition coefficient (Wildman–Crippen LogP) is 2.70. The number of anilines is 1. The molecule has 0 saturated carbocycles. The highest BCUT2D eigenvalue weighted by Gasteiger charge is 2.20. The van der Waals surface area contributed by atoms with Crippen LogP contribution in [-0.4, -0.2) is 43.4 Å². The van der Waals surface area contributed by atoms with Gasteiger partial charge in [0.25, 0.3) is 0 Å². The molecule has 5 nitrogen and oxygen atoms in total. The largest absolute Gasteiger partial charge is 0.383 e. The molecule has 22 heavy (non-hydrogen) atoms. The zero-order chi connectivity index (χ0) is 15.2. The van der Waals surface area contributed by atoms with Gasteiger partial charge in [0, 0.05) is 37.1 Å². The maximum Gasteiger partial charge on any atom is 0.132 e. The number of ether oxygens (including phenoxy) is 2. The quantitative estimate of drug-likeness (QED) is 0.785. The number of methoxy groups -OCH3 is 1. The molecule has 0 aromatic carbocycles. The van der Waals surface area contributed by atoms with E-state index in [9.17, 15) is 0 Å². The smallest absolute Gasteiger partial charge is 0.132 e. The molecule has 0 N–H and O–H groups in total. The molecule has 0 aliphatic carbocycles. The van der Waals surface area contributed by atoms with Gasteiger partial charge in [-0.1, -0.05) is 6.07 Å². The molecule has 1 unspecified atom stereocenters. The van der Waals surface area contributed by atoms with Crippen molar-refractivity contribution in [1.82, 2.24) is 9.97 Å². The maximum atomic E-state index is 5.47. The van der Waals surface area contributed by atoms with Crippen molar-refractivity contribution < 1.29 is 9.47 Å². The molecule has 1 aliphatic rings. The van der Waals surface area contributed by atoms with Crippen molar-refractivity contribution in [2.45, 2.75) is 18.9 Å². The van der Waals surface area contributed by atoms with Crippen molar-refractivity contribution in [3.63, 3.8) is 0 Å². The SMILES string of the molecule is COCCN(Cc1cccs1)c1cc(C2CCOC2)ncn1. The first-order chi connectivity index (χ1) is 10.9. The molecule has 1 aliphatic heterocycles. The third-order valence-electron chi connectivity index (χ3n) is 3.84. The van der Waals surface area contributed by atoms with Gasteiger partial charge in [-0.3, -0.25) is 0 Å². The molecule has 0 amide bonds.